The van der Waals surface area contributed by atoms with Gasteiger partial charge in [-0.1, -0.05) is 18.6 Å². The monoisotopic (exact) mass is 224 g/mol. The second-order valence-electron chi connectivity index (χ2n) is 4.48. The van der Waals surface area contributed by atoms with Crippen LogP contribution in [0.4, 0.5) is 0 Å². The summed E-state index contributed by atoms with van der Waals surface area (Å²) in [6.07, 6.45) is 1.64. The van der Waals surface area contributed by atoms with Crippen molar-refractivity contribution in [3.8, 4) is 0 Å². The highest BCUT2D eigenvalue weighted by Crippen LogP contribution is 2.42. The first-order chi connectivity index (χ1) is 7.21. The molecule has 4 nitrogen and oxygen atoms in total. The van der Waals surface area contributed by atoms with E-state index in [9.17, 15) is 14.7 Å². The standard InChI is InChI=1S/C12H16O4/c1-6-5-12(4,11(15)16)8(3)9(7(6)2)10(13)14/h5,8H,1-4H3,(H,13,14)(H,15,16). The molecular formula is C12H16O4. The molecule has 0 aromatic heterocycles. The highest BCUT2D eigenvalue weighted by Gasteiger charge is 2.44. The lowest BCUT2D eigenvalue weighted by Crippen LogP contribution is -2.38. The van der Waals surface area contributed by atoms with Gasteiger partial charge in [0.25, 0.3) is 0 Å². The zero-order valence-corrected chi connectivity index (χ0v) is 9.87. The Balaban J connectivity index is 3.41. The minimum atomic E-state index is -1.14. The third kappa shape index (κ3) is 1.64. The summed E-state index contributed by atoms with van der Waals surface area (Å²) in [5.41, 5.74) is 0.446. The van der Waals surface area contributed by atoms with Crippen LogP contribution in [0, 0.1) is 11.3 Å². The van der Waals surface area contributed by atoms with Gasteiger partial charge in [-0.2, -0.15) is 0 Å². The predicted molar refractivity (Wildman–Crippen MR) is 59.0 cm³/mol. The van der Waals surface area contributed by atoms with Gasteiger partial charge in [0.2, 0.25) is 0 Å². The number of hydrogen-bond acceptors (Lipinski definition) is 2. The molecule has 2 unspecified atom stereocenters. The lowest BCUT2D eigenvalue weighted by Gasteiger charge is -2.34. The minimum Gasteiger partial charge on any atom is -0.481 e. The van der Waals surface area contributed by atoms with E-state index in [2.05, 4.69) is 0 Å². The van der Waals surface area contributed by atoms with Gasteiger partial charge in [0.1, 0.15) is 0 Å². The Morgan fingerprint density at radius 3 is 2.19 bits per heavy atom. The first-order valence-corrected chi connectivity index (χ1v) is 5.09. The maximum absolute atomic E-state index is 11.2. The summed E-state index contributed by atoms with van der Waals surface area (Å²) < 4.78 is 0. The topological polar surface area (TPSA) is 74.6 Å². The van der Waals surface area contributed by atoms with E-state index in [-0.39, 0.29) is 5.57 Å². The minimum absolute atomic E-state index is 0.199. The molecule has 2 N–H and O–H groups in total. The van der Waals surface area contributed by atoms with E-state index in [0.717, 1.165) is 5.57 Å². The smallest absolute Gasteiger partial charge is 0.332 e. The molecule has 1 aliphatic rings. The Kier molecular flexibility index (Phi) is 2.95. The Bertz CT molecular complexity index is 417. The summed E-state index contributed by atoms with van der Waals surface area (Å²) in [6, 6.07) is 0. The maximum atomic E-state index is 11.2. The van der Waals surface area contributed by atoms with Gasteiger partial charge in [-0.05, 0) is 26.3 Å². The summed E-state index contributed by atoms with van der Waals surface area (Å²) >= 11 is 0. The van der Waals surface area contributed by atoms with Crippen LogP contribution >= 0.6 is 0 Å². The second kappa shape index (κ2) is 3.77. The fraction of sp³-hybridized carbons (Fsp3) is 0.500. The van der Waals surface area contributed by atoms with E-state index < -0.39 is 23.3 Å². The van der Waals surface area contributed by atoms with E-state index in [4.69, 9.17) is 5.11 Å². The predicted octanol–water partition coefficient (Wildman–Crippen LogP) is 2.07. The zero-order chi connectivity index (χ0) is 12.7. The normalized spacial score (nSPS) is 30.0. The van der Waals surface area contributed by atoms with Crippen LogP contribution in [0.2, 0.25) is 0 Å². The van der Waals surface area contributed by atoms with Crippen molar-refractivity contribution in [3.63, 3.8) is 0 Å². The van der Waals surface area contributed by atoms with Crippen LogP contribution < -0.4 is 0 Å². The van der Waals surface area contributed by atoms with Crippen LogP contribution in [-0.4, -0.2) is 22.2 Å². The van der Waals surface area contributed by atoms with Crippen molar-refractivity contribution in [3.05, 3.63) is 22.8 Å². The molecule has 0 saturated carbocycles. The molecule has 88 valence electrons. The number of carbonyl (C=O) groups is 2. The van der Waals surface area contributed by atoms with Gasteiger partial charge in [0, 0.05) is 11.5 Å². The van der Waals surface area contributed by atoms with E-state index in [1.807, 2.05) is 0 Å². The summed E-state index contributed by atoms with van der Waals surface area (Å²) in [5.74, 6) is -2.57. The molecule has 0 aromatic rings. The van der Waals surface area contributed by atoms with Crippen LogP contribution in [0.5, 0.6) is 0 Å². The van der Waals surface area contributed by atoms with Gasteiger partial charge in [-0.25, -0.2) is 4.79 Å². The molecule has 0 amide bonds. The Hall–Kier alpha value is -1.58. The van der Waals surface area contributed by atoms with Crippen LogP contribution in [-0.2, 0) is 9.59 Å². The maximum Gasteiger partial charge on any atom is 0.332 e. The van der Waals surface area contributed by atoms with E-state index in [0.29, 0.717) is 5.57 Å². The molecule has 1 aliphatic carbocycles. The Morgan fingerprint density at radius 2 is 1.81 bits per heavy atom. The number of carboxylic acids is 2. The van der Waals surface area contributed by atoms with Crippen molar-refractivity contribution in [2.75, 3.05) is 0 Å². The summed E-state index contributed by atoms with van der Waals surface area (Å²) in [7, 11) is 0. The highest BCUT2D eigenvalue weighted by molar-refractivity contribution is 5.92. The van der Waals surface area contributed by atoms with Crippen molar-refractivity contribution in [2.24, 2.45) is 11.3 Å². The summed E-state index contributed by atoms with van der Waals surface area (Å²) in [5, 5.41) is 18.3. The largest absolute Gasteiger partial charge is 0.481 e. The van der Waals surface area contributed by atoms with E-state index in [1.54, 1.807) is 33.8 Å². The van der Waals surface area contributed by atoms with Crippen molar-refractivity contribution < 1.29 is 19.8 Å². The molecule has 16 heavy (non-hydrogen) atoms. The van der Waals surface area contributed by atoms with Crippen molar-refractivity contribution in [1.29, 1.82) is 0 Å². The molecule has 0 radical (unpaired) electrons. The Labute approximate surface area is 94.3 Å². The van der Waals surface area contributed by atoms with Gasteiger partial charge < -0.3 is 10.2 Å². The SMILES string of the molecule is CC1=CC(C)(C(=O)O)C(C)C(C(=O)O)=C1C. The zero-order valence-electron chi connectivity index (χ0n) is 9.87. The van der Waals surface area contributed by atoms with Crippen LogP contribution in [0.1, 0.15) is 27.7 Å². The molecule has 0 aliphatic heterocycles. The lowest BCUT2D eigenvalue weighted by molar-refractivity contribution is -0.147. The average molecular weight is 224 g/mol. The van der Waals surface area contributed by atoms with E-state index in [1.165, 1.54) is 0 Å². The molecule has 4 heteroatoms. The summed E-state index contributed by atoms with van der Waals surface area (Å²) in [6.45, 7) is 6.65. The average Bonchev–Trinajstić information content (AvgIpc) is 2.14. The number of carboxylic acid groups (broad SMARTS) is 2. The van der Waals surface area contributed by atoms with Gasteiger partial charge in [0.15, 0.2) is 0 Å². The quantitative estimate of drug-likeness (QED) is 0.753. The lowest BCUT2D eigenvalue weighted by atomic mass is 9.68. The fourth-order valence-corrected chi connectivity index (χ4v) is 2.11. The van der Waals surface area contributed by atoms with Crippen LogP contribution in [0.25, 0.3) is 0 Å². The molecule has 0 spiro atoms. The van der Waals surface area contributed by atoms with Gasteiger partial charge in [-0.15, -0.1) is 0 Å². The molecule has 1 rings (SSSR count). The third-order valence-corrected chi connectivity index (χ3v) is 3.54. The van der Waals surface area contributed by atoms with Crippen molar-refractivity contribution >= 4 is 11.9 Å². The number of rotatable bonds is 2. The third-order valence-electron chi connectivity index (χ3n) is 3.54. The molecule has 0 heterocycles. The van der Waals surface area contributed by atoms with Gasteiger partial charge in [-0.3, -0.25) is 4.79 Å². The first-order valence-electron chi connectivity index (χ1n) is 5.09. The number of aliphatic carboxylic acids is 2. The van der Waals surface area contributed by atoms with Crippen molar-refractivity contribution in [1.82, 2.24) is 0 Å². The van der Waals surface area contributed by atoms with Crippen LogP contribution in [0.3, 0.4) is 0 Å². The van der Waals surface area contributed by atoms with Crippen LogP contribution in [0.15, 0.2) is 22.8 Å². The molecule has 0 fully saturated rings. The Morgan fingerprint density at radius 1 is 1.31 bits per heavy atom. The van der Waals surface area contributed by atoms with Gasteiger partial charge >= 0.3 is 11.9 Å². The molecule has 0 saturated heterocycles. The van der Waals surface area contributed by atoms with Crippen molar-refractivity contribution in [2.45, 2.75) is 27.7 Å². The number of allylic oxidation sites excluding steroid dienone is 2. The second-order valence-corrected chi connectivity index (χ2v) is 4.48. The molecule has 2 atom stereocenters. The van der Waals surface area contributed by atoms with Gasteiger partial charge in [0.05, 0.1) is 5.41 Å². The van der Waals surface area contributed by atoms with E-state index >= 15 is 0 Å². The number of hydrogen-bond donors (Lipinski definition) is 2. The molecular weight excluding hydrogens is 208 g/mol. The fourth-order valence-electron chi connectivity index (χ4n) is 2.11. The highest BCUT2D eigenvalue weighted by atomic mass is 16.4. The first kappa shape index (κ1) is 12.5. The summed E-state index contributed by atoms with van der Waals surface area (Å²) in [4.78, 5) is 22.4. The molecule has 0 bridgehead atoms. The molecule has 0 aromatic carbocycles.